The molecule has 0 radical (unpaired) electrons. The first-order valence-electron chi connectivity index (χ1n) is 9.71. The molecule has 0 bridgehead atoms. The van der Waals surface area contributed by atoms with Crippen LogP contribution in [0.15, 0.2) is 76.2 Å². The number of hydrogen-bond acceptors (Lipinski definition) is 5. The molecule has 4 rings (SSSR count). The standard InChI is InChI=1S/C22H17F3N2O5S/c23-22(24,25)14-5-3-6-15(11-14)26-20(28)13-27-16-7-1-2-9-18(16)33(30,31)19(12-21(27)29)17-8-4-10-32-17/h1-11,19H,12-13H2,(H,26,28). The van der Waals surface area contributed by atoms with Crippen LogP contribution in [-0.2, 0) is 25.6 Å². The van der Waals surface area contributed by atoms with Crippen LogP contribution >= 0.6 is 0 Å². The number of alkyl halides is 3. The lowest BCUT2D eigenvalue weighted by Gasteiger charge is -2.22. The van der Waals surface area contributed by atoms with E-state index >= 15 is 0 Å². The highest BCUT2D eigenvalue weighted by atomic mass is 32.2. The Morgan fingerprint density at radius 1 is 1.09 bits per heavy atom. The van der Waals surface area contributed by atoms with E-state index in [9.17, 15) is 31.2 Å². The summed E-state index contributed by atoms with van der Waals surface area (Å²) in [6.45, 7) is -0.591. The third-order valence-electron chi connectivity index (χ3n) is 5.13. The van der Waals surface area contributed by atoms with Crippen LogP contribution in [0.5, 0.6) is 0 Å². The van der Waals surface area contributed by atoms with Crippen molar-refractivity contribution < 1.29 is 35.6 Å². The Labute approximate surface area is 186 Å². The molecule has 2 amide bonds. The number of carbonyl (C=O) groups is 2. The normalized spacial score (nSPS) is 17.8. The van der Waals surface area contributed by atoms with Crippen molar-refractivity contribution in [2.24, 2.45) is 0 Å². The van der Waals surface area contributed by atoms with Crippen molar-refractivity contribution in [3.63, 3.8) is 0 Å². The first kappa shape index (κ1) is 22.6. The largest absolute Gasteiger partial charge is 0.468 e. The number of sulfone groups is 1. The zero-order valence-corrected chi connectivity index (χ0v) is 17.7. The van der Waals surface area contributed by atoms with E-state index in [1.54, 1.807) is 0 Å². The van der Waals surface area contributed by atoms with Gasteiger partial charge in [0.1, 0.15) is 17.6 Å². The van der Waals surface area contributed by atoms with Gasteiger partial charge in [-0.1, -0.05) is 18.2 Å². The van der Waals surface area contributed by atoms with Gasteiger partial charge < -0.3 is 14.6 Å². The Hall–Kier alpha value is -3.60. The molecule has 2 aromatic carbocycles. The van der Waals surface area contributed by atoms with Crippen molar-refractivity contribution in [3.8, 4) is 0 Å². The lowest BCUT2D eigenvalue weighted by atomic mass is 10.2. The van der Waals surface area contributed by atoms with Crippen molar-refractivity contribution in [1.82, 2.24) is 0 Å². The molecule has 3 aromatic rings. The number of furan rings is 1. The van der Waals surface area contributed by atoms with Crippen LogP contribution in [0.4, 0.5) is 24.5 Å². The van der Waals surface area contributed by atoms with E-state index in [2.05, 4.69) is 5.32 Å². The van der Waals surface area contributed by atoms with Crippen molar-refractivity contribution in [3.05, 3.63) is 78.3 Å². The summed E-state index contributed by atoms with van der Waals surface area (Å²) >= 11 is 0. The molecule has 0 fully saturated rings. The van der Waals surface area contributed by atoms with Gasteiger partial charge in [0.05, 0.1) is 28.8 Å². The van der Waals surface area contributed by atoms with Crippen LogP contribution in [0, 0.1) is 0 Å². The van der Waals surface area contributed by atoms with Gasteiger partial charge >= 0.3 is 6.18 Å². The Morgan fingerprint density at radius 2 is 1.85 bits per heavy atom. The van der Waals surface area contributed by atoms with E-state index < -0.39 is 51.6 Å². The highest BCUT2D eigenvalue weighted by Crippen LogP contribution is 2.40. The van der Waals surface area contributed by atoms with Gasteiger partial charge in [0.25, 0.3) is 0 Å². The molecule has 0 aliphatic carbocycles. The number of nitrogens with zero attached hydrogens (tertiary/aromatic N) is 1. The van der Waals surface area contributed by atoms with Gasteiger partial charge in [-0.25, -0.2) is 8.42 Å². The predicted octanol–water partition coefficient (Wildman–Crippen LogP) is 4.19. The Bertz CT molecular complexity index is 1300. The van der Waals surface area contributed by atoms with Gasteiger partial charge in [-0.3, -0.25) is 9.59 Å². The van der Waals surface area contributed by atoms with Crippen molar-refractivity contribution >= 4 is 33.0 Å². The van der Waals surface area contributed by atoms with E-state index in [0.29, 0.717) is 0 Å². The predicted molar refractivity (Wildman–Crippen MR) is 112 cm³/mol. The molecular weight excluding hydrogens is 461 g/mol. The third-order valence-corrected chi connectivity index (χ3v) is 7.24. The van der Waals surface area contributed by atoms with Crippen molar-refractivity contribution in [2.45, 2.75) is 22.7 Å². The van der Waals surface area contributed by atoms with Crippen LogP contribution in [0.3, 0.4) is 0 Å². The molecule has 1 aliphatic rings. The molecule has 33 heavy (non-hydrogen) atoms. The SMILES string of the molecule is O=C(CN1C(=O)CC(c2ccco2)S(=O)(=O)c2ccccc21)Nc1cccc(C(F)(F)F)c1. The third kappa shape index (κ3) is 4.49. The summed E-state index contributed by atoms with van der Waals surface area (Å²) < 4.78 is 70.6. The second kappa shape index (κ2) is 8.39. The number of amides is 2. The maximum Gasteiger partial charge on any atom is 0.416 e. The quantitative estimate of drug-likeness (QED) is 0.607. The van der Waals surface area contributed by atoms with E-state index in [-0.39, 0.29) is 22.0 Å². The molecule has 1 aliphatic heterocycles. The zero-order valence-electron chi connectivity index (χ0n) is 16.9. The van der Waals surface area contributed by atoms with Crippen molar-refractivity contribution in [2.75, 3.05) is 16.8 Å². The molecule has 1 aromatic heterocycles. The smallest absolute Gasteiger partial charge is 0.416 e. The average Bonchev–Trinajstić information content (AvgIpc) is 3.27. The van der Waals surface area contributed by atoms with Crippen LogP contribution in [-0.4, -0.2) is 26.8 Å². The number of carbonyl (C=O) groups excluding carboxylic acids is 2. The summed E-state index contributed by atoms with van der Waals surface area (Å²) in [5, 5.41) is 1.05. The number of fused-ring (bicyclic) bond motifs is 1. The van der Waals surface area contributed by atoms with Crippen LogP contribution < -0.4 is 10.2 Å². The summed E-state index contributed by atoms with van der Waals surface area (Å²) in [6, 6.07) is 12.8. The van der Waals surface area contributed by atoms with Gasteiger partial charge in [-0.15, -0.1) is 0 Å². The van der Waals surface area contributed by atoms with Gasteiger partial charge in [0, 0.05) is 5.69 Å². The second-order valence-corrected chi connectivity index (χ2v) is 9.43. The van der Waals surface area contributed by atoms with Crippen LogP contribution in [0.1, 0.15) is 23.0 Å². The summed E-state index contributed by atoms with van der Waals surface area (Å²) in [7, 11) is -4.04. The summed E-state index contributed by atoms with van der Waals surface area (Å²) in [5.41, 5.74) is -1.04. The van der Waals surface area contributed by atoms with E-state index in [1.807, 2.05) is 0 Å². The minimum atomic E-state index is -4.59. The lowest BCUT2D eigenvalue weighted by Crippen LogP contribution is -2.38. The second-order valence-electron chi connectivity index (χ2n) is 7.33. The molecule has 11 heteroatoms. The number of rotatable bonds is 4. The first-order chi connectivity index (χ1) is 15.6. The average molecular weight is 478 g/mol. The Balaban J connectivity index is 1.64. The molecule has 1 unspecified atom stereocenters. The fourth-order valence-corrected chi connectivity index (χ4v) is 5.45. The van der Waals surface area contributed by atoms with Crippen LogP contribution in [0.2, 0.25) is 0 Å². The fraction of sp³-hybridized carbons (Fsp3) is 0.182. The summed E-state index contributed by atoms with van der Waals surface area (Å²) in [5.74, 6) is -1.34. The molecule has 0 saturated heterocycles. The monoisotopic (exact) mass is 478 g/mol. The first-order valence-corrected chi connectivity index (χ1v) is 11.3. The molecule has 1 atom stereocenters. The molecular formula is C22H17F3N2O5S. The molecule has 1 N–H and O–H groups in total. The summed E-state index contributed by atoms with van der Waals surface area (Å²) in [6.07, 6.45) is -3.76. The lowest BCUT2D eigenvalue weighted by molar-refractivity contribution is -0.137. The van der Waals surface area contributed by atoms with E-state index in [0.717, 1.165) is 23.1 Å². The number of hydrogen-bond donors (Lipinski definition) is 1. The number of anilines is 2. The fourth-order valence-electron chi connectivity index (χ4n) is 3.61. The van der Waals surface area contributed by atoms with Crippen LogP contribution in [0.25, 0.3) is 0 Å². The Kier molecular flexibility index (Phi) is 5.75. The maximum atomic E-state index is 13.3. The highest BCUT2D eigenvalue weighted by Gasteiger charge is 2.41. The molecule has 7 nitrogen and oxygen atoms in total. The minimum absolute atomic E-state index is 0.00995. The molecule has 0 saturated carbocycles. The molecule has 172 valence electrons. The Morgan fingerprint density at radius 3 is 2.55 bits per heavy atom. The summed E-state index contributed by atoms with van der Waals surface area (Å²) in [4.78, 5) is 26.5. The maximum absolute atomic E-state index is 13.3. The topological polar surface area (TPSA) is 96.7 Å². The van der Waals surface area contributed by atoms with Crippen molar-refractivity contribution in [1.29, 1.82) is 0 Å². The number of nitrogens with one attached hydrogen (secondary N) is 1. The van der Waals surface area contributed by atoms with E-state index in [4.69, 9.17) is 4.42 Å². The highest BCUT2D eigenvalue weighted by molar-refractivity contribution is 7.91. The van der Waals surface area contributed by atoms with E-state index in [1.165, 1.54) is 48.7 Å². The van der Waals surface area contributed by atoms with Gasteiger partial charge in [-0.2, -0.15) is 13.2 Å². The minimum Gasteiger partial charge on any atom is -0.468 e. The van der Waals surface area contributed by atoms with Gasteiger partial charge in [-0.05, 0) is 42.5 Å². The molecule has 2 heterocycles. The van der Waals surface area contributed by atoms with Gasteiger partial charge in [0.15, 0.2) is 9.84 Å². The van der Waals surface area contributed by atoms with Gasteiger partial charge in [0.2, 0.25) is 11.8 Å². The molecule has 0 spiro atoms. The number of para-hydroxylation sites is 1. The zero-order chi connectivity index (χ0) is 23.8. The number of benzene rings is 2. The number of halogens is 3.